The molecule has 4 nitrogen and oxygen atoms in total. The van der Waals surface area contributed by atoms with Crippen LogP contribution in [0.15, 0.2) is 0 Å². The number of halogens is 1. The van der Waals surface area contributed by atoms with Gasteiger partial charge in [-0.25, -0.2) is 0 Å². The SMILES string of the molecule is CC(CC(=O)N(C)CC1CCOC1)C1CCNCC1.Cl. The lowest BCUT2D eigenvalue weighted by molar-refractivity contribution is -0.131. The lowest BCUT2D eigenvalue weighted by Gasteiger charge is -2.29. The fourth-order valence-electron chi connectivity index (χ4n) is 3.23. The van der Waals surface area contributed by atoms with E-state index in [1.807, 2.05) is 11.9 Å². The van der Waals surface area contributed by atoms with Gasteiger partial charge in [0.2, 0.25) is 5.91 Å². The number of rotatable bonds is 5. The van der Waals surface area contributed by atoms with Crippen molar-refractivity contribution in [2.45, 2.75) is 32.6 Å². The van der Waals surface area contributed by atoms with Crippen molar-refractivity contribution in [2.24, 2.45) is 17.8 Å². The minimum absolute atomic E-state index is 0. The second-order valence-corrected chi connectivity index (χ2v) is 6.27. The number of amides is 1. The molecule has 2 saturated heterocycles. The predicted octanol–water partition coefficient (Wildman–Crippen LogP) is 1.93. The van der Waals surface area contributed by atoms with Crippen LogP contribution in [-0.2, 0) is 9.53 Å². The van der Waals surface area contributed by atoms with Gasteiger partial charge in [0, 0.05) is 32.5 Å². The molecule has 118 valence electrons. The van der Waals surface area contributed by atoms with Gasteiger partial charge in [-0.05, 0) is 44.2 Å². The van der Waals surface area contributed by atoms with Crippen molar-refractivity contribution in [1.29, 1.82) is 0 Å². The standard InChI is InChI=1S/C15H28N2O2.ClH/c1-12(14-3-6-16-7-4-14)9-15(18)17(2)10-13-5-8-19-11-13;/h12-14,16H,3-11H2,1-2H3;1H. The molecule has 0 aliphatic carbocycles. The van der Waals surface area contributed by atoms with Gasteiger partial charge in [-0.1, -0.05) is 6.92 Å². The number of nitrogens with one attached hydrogen (secondary N) is 1. The van der Waals surface area contributed by atoms with Crippen molar-refractivity contribution >= 4 is 18.3 Å². The minimum Gasteiger partial charge on any atom is -0.381 e. The number of hydrogen-bond acceptors (Lipinski definition) is 3. The first kappa shape index (κ1) is 17.7. The topological polar surface area (TPSA) is 41.6 Å². The van der Waals surface area contributed by atoms with Gasteiger partial charge in [0.1, 0.15) is 0 Å². The van der Waals surface area contributed by atoms with Crippen LogP contribution in [0.3, 0.4) is 0 Å². The summed E-state index contributed by atoms with van der Waals surface area (Å²) in [5, 5.41) is 3.38. The molecular formula is C15H29ClN2O2. The lowest BCUT2D eigenvalue weighted by Crippen LogP contribution is -2.36. The zero-order valence-electron chi connectivity index (χ0n) is 12.8. The number of ether oxygens (including phenoxy) is 1. The largest absolute Gasteiger partial charge is 0.381 e. The highest BCUT2D eigenvalue weighted by molar-refractivity contribution is 5.85. The first-order chi connectivity index (χ1) is 9.16. The molecule has 0 radical (unpaired) electrons. The van der Waals surface area contributed by atoms with E-state index in [2.05, 4.69) is 12.2 Å². The summed E-state index contributed by atoms with van der Waals surface area (Å²) in [7, 11) is 1.94. The lowest BCUT2D eigenvalue weighted by atomic mass is 9.84. The number of nitrogens with zero attached hydrogens (tertiary/aromatic N) is 1. The fourth-order valence-corrected chi connectivity index (χ4v) is 3.23. The normalized spacial score (nSPS) is 25.0. The van der Waals surface area contributed by atoms with Crippen molar-refractivity contribution in [1.82, 2.24) is 10.2 Å². The summed E-state index contributed by atoms with van der Waals surface area (Å²) in [5.41, 5.74) is 0. The first-order valence-electron chi connectivity index (χ1n) is 7.69. The molecule has 0 saturated carbocycles. The molecule has 1 N–H and O–H groups in total. The molecule has 2 aliphatic rings. The second-order valence-electron chi connectivity index (χ2n) is 6.27. The van der Waals surface area contributed by atoms with Crippen LogP contribution < -0.4 is 5.32 Å². The molecule has 1 amide bonds. The molecule has 0 aromatic rings. The summed E-state index contributed by atoms with van der Waals surface area (Å²) < 4.78 is 5.37. The predicted molar refractivity (Wildman–Crippen MR) is 83.2 cm³/mol. The summed E-state index contributed by atoms with van der Waals surface area (Å²) in [6, 6.07) is 0. The average molecular weight is 305 g/mol. The Balaban J connectivity index is 0.00000200. The fraction of sp³-hybridized carbons (Fsp3) is 0.933. The van der Waals surface area contributed by atoms with E-state index >= 15 is 0 Å². The third kappa shape index (κ3) is 5.23. The Morgan fingerprint density at radius 1 is 1.35 bits per heavy atom. The van der Waals surface area contributed by atoms with Crippen LogP contribution in [0.25, 0.3) is 0 Å². The van der Waals surface area contributed by atoms with Crippen LogP contribution in [0.5, 0.6) is 0 Å². The molecule has 2 fully saturated rings. The quantitative estimate of drug-likeness (QED) is 0.844. The highest BCUT2D eigenvalue weighted by Crippen LogP contribution is 2.25. The van der Waals surface area contributed by atoms with Crippen LogP contribution in [0, 0.1) is 17.8 Å². The minimum atomic E-state index is 0. The van der Waals surface area contributed by atoms with E-state index < -0.39 is 0 Å². The van der Waals surface area contributed by atoms with Crippen molar-refractivity contribution in [3.63, 3.8) is 0 Å². The maximum Gasteiger partial charge on any atom is 0.222 e. The van der Waals surface area contributed by atoms with E-state index in [1.54, 1.807) is 0 Å². The van der Waals surface area contributed by atoms with E-state index in [4.69, 9.17) is 4.74 Å². The molecule has 5 heteroatoms. The Labute approximate surface area is 129 Å². The Kier molecular flexibility index (Phi) is 7.85. The monoisotopic (exact) mass is 304 g/mol. The molecule has 2 unspecified atom stereocenters. The zero-order chi connectivity index (χ0) is 13.7. The van der Waals surface area contributed by atoms with Crippen LogP contribution >= 0.6 is 12.4 Å². The molecule has 2 rings (SSSR count). The Bertz CT molecular complexity index is 290. The van der Waals surface area contributed by atoms with Gasteiger partial charge in [0.25, 0.3) is 0 Å². The van der Waals surface area contributed by atoms with E-state index in [-0.39, 0.29) is 12.4 Å². The van der Waals surface area contributed by atoms with Crippen molar-refractivity contribution in [2.75, 3.05) is 39.9 Å². The zero-order valence-corrected chi connectivity index (χ0v) is 13.6. The smallest absolute Gasteiger partial charge is 0.222 e. The summed E-state index contributed by atoms with van der Waals surface area (Å²) in [6.07, 6.45) is 4.24. The van der Waals surface area contributed by atoms with Crippen molar-refractivity contribution in [3.8, 4) is 0 Å². The number of carbonyl (C=O) groups is 1. The number of carbonyl (C=O) groups excluding carboxylic acids is 1. The van der Waals surface area contributed by atoms with Crippen molar-refractivity contribution < 1.29 is 9.53 Å². The Morgan fingerprint density at radius 3 is 2.65 bits per heavy atom. The Morgan fingerprint density at radius 2 is 2.05 bits per heavy atom. The van der Waals surface area contributed by atoms with Gasteiger partial charge in [-0.3, -0.25) is 4.79 Å². The van der Waals surface area contributed by atoms with Crippen LogP contribution in [0.2, 0.25) is 0 Å². The summed E-state index contributed by atoms with van der Waals surface area (Å²) in [5.74, 6) is 2.08. The highest BCUT2D eigenvalue weighted by atomic mass is 35.5. The van der Waals surface area contributed by atoms with Gasteiger partial charge < -0.3 is 15.0 Å². The van der Waals surface area contributed by atoms with Crippen LogP contribution in [0.1, 0.15) is 32.6 Å². The molecular weight excluding hydrogens is 276 g/mol. The van der Waals surface area contributed by atoms with E-state index in [0.29, 0.717) is 30.1 Å². The maximum absolute atomic E-state index is 12.3. The molecule has 20 heavy (non-hydrogen) atoms. The third-order valence-electron chi connectivity index (χ3n) is 4.67. The first-order valence-corrected chi connectivity index (χ1v) is 7.69. The second kappa shape index (κ2) is 8.85. The van der Waals surface area contributed by atoms with E-state index in [9.17, 15) is 4.79 Å². The number of hydrogen-bond donors (Lipinski definition) is 1. The summed E-state index contributed by atoms with van der Waals surface area (Å²) >= 11 is 0. The van der Waals surface area contributed by atoms with E-state index in [1.165, 1.54) is 12.8 Å². The average Bonchev–Trinajstić information content (AvgIpc) is 2.92. The van der Waals surface area contributed by atoms with E-state index in [0.717, 1.165) is 39.3 Å². The Hall–Kier alpha value is -0.320. The summed E-state index contributed by atoms with van der Waals surface area (Å²) in [4.78, 5) is 14.2. The van der Waals surface area contributed by atoms with Crippen molar-refractivity contribution in [3.05, 3.63) is 0 Å². The number of piperidine rings is 1. The third-order valence-corrected chi connectivity index (χ3v) is 4.67. The molecule has 0 aromatic carbocycles. The molecule has 2 heterocycles. The molecule has 0 aromatic heterocycles. The highest BCUT2D eigenvalue weighted by Gasteiger charge is 2.25. The molecule has 2 aliphatic heterocycles. The van der Waals surface area contributed by atoms with Crippen LogP contribution in [0.4, 0.5) is 0 Å². The molecule has 0 bridgehead atoms. The van der Waals surface area contributed by atoms with Gasteiger partial charge in [-0.15, -0.1) is 12.4 Å². The molecule has 0 spiro atoms. The van der Waals surface area contributed by atoms with Gasteiger partial charge >= 0.3 is 0 Å². The summed E-state index contributed by atoms with van der Waals surface area (Å²) in [6.45, 7) is 6.99. The van der Waals surface area contributed by atoms with Gasteiger partial charge in [0.05, 0.1) is 6.61 Å². The molecule has 2 atom stereocenters. The maximum atomic E-state index is 12.3. The van der Waals surface area contributed by atoms with Gasteiger partial charge in [0.15, 0.2) is 0 Å². The van der Waals surface area contributed by atoms with Gasteiger partial charge in [-0.2, -0.15) is 0 Å². The van der Waals surface area contributed by atoms with Crippen LogP contribution in [-0.4, -0.2) is 50.7 Å².